The Hall–Kier alpha value is -2.36. The standard InChI is InChI=1S/C18H23N3O/c1-3-20(13-7-10-17-8-5-4-6-9-17)18(22)11-14-21-15-12-19-16(21)2/h4-10,12,15H,3,11,13-14H2,1-2H3. The number of likely N-dealkylation sites (N-methyl/N-ethyl adjacent to an activating group) is 1. The van der Waals surface area contributed by atoms with Crippen molar-refractivity contribution in [2.75, 3.05) is 13.1 Å². The fourth-order valence-electron chi connectivity index (χ4n) is 2.30. The third-order valence-electron chi connectivity index (χ3n) is 3.66. The van der Waals surface area contributed by atoms with Crippen molar-refractivity contribution in [3.05, 3.63) is 60.2 Å². The van der Waals surface area contributed by atoms with E-state index in [0.717, 1.165) is 17.9 Å². The summed E-state index contributed by atoms with van der Waals surface area (Å²) in [5.41, 5.74) is 1.15. The molecule has 1 amide bonds. The Morgan fingerprint density at radius 2 is 2.09 bits per heavy atom. The van der Waals surface area contributed by atoms with Gasteiger partial charge in [0.1, 0.15) is 5.82 Å². The van der Waals surface area contributed by atoms with Crippen molar-refractivity contribution in [3.8, 4) is 0 Å². The van der Waals surface area contributed by atoms with Crippen molar-refractivity contribution >= 4 is 12.0 Å². The van der Waals surface area contributed by atoms with E-state index in [1.165, 1.54) is 0 Å². The van der Waals surface area contributed by atoms with E-state index in [1.54, 1.807) is 6.20 Å². The second-order valence-corrected chi connectivity index (χ2v) is 5.16. The number of imidazole rings is 1. The first-order chi connectivity index (χ1) is 10.7. The van der Waals surface area contributed by atoms with Crippen molar-refractivity contribution < 1.29 is 4.79 Å². The van der Waals surface area contributed by atoms with Crippen LogP contribution in [-0.2, 0) is 11.3 Å². The topological polar surface area (TPSA) is 38.1 Å². The van der Waals surface area contributed by atoms with Crippen LogP contribution in [0.2, 0.25) is 0 Å². The number of aryl methyl sites for hydroxylation is 2. The molecule has 116 valence electrons. The molecule has 1 aromatic carbocycles. The molecular weight excluding hydrogens is 274 g/mol. The molecule has 0 atom stereocenters. The zero-order valence-corrected chi connectivity index (χ0v) is 13.3. The van der Waals surface area contributed by atoms with Gasteiger partial charge in [-0.05, 0) is 19.4 Å². The van der Waals surface area contributed by atoms with Gasteiger partial charge in [-0.25, -0.2) is 4.98 Å². The highest BCUT2D eigenvalue weighted by atomic mass is 16.2. The van der Waals surface area contributed by atoms with E-state index in [1.807, 2.05) is 53.8 Å². The number of aromatic nitrogens is 2. The fraction of sp³-hybridized carbons (Fsp3) is 0.333. The average molecular weight is 297 g/mol. The monoisotopic (exact) mass is 297 g/mol. The molecule has 1 heterocycles. The minimum absolute atomic E-state index is 0.174. The summed E-state index contributed by atoms with van der Waals surface area (Å²) in [6, 6.07) is 10.1. The SMILES string of the molecule is CCN(CC=Cc1ccccc1)C(=O)CCn1ccnc1C. The Labute approximate surface area is 132 Å². The highest BCUT2D eigenvalue weighted by molar-refractivity contribution is 5.76. The van der Waals surface area contributed by atoms with E-state index in [2.05, 4.69) is 23.2 Å². The average Bonchev–Trinajstić information content (AvgIpc) is 2.95. The van der Waals surface area contributed by atoms with Crippen molar-refractivity contribution in [3.63, 3.8) is 0 Å². The summed E-state index contributed by atoms with van der Waals surface area (Å²) in [6.45, 7) is 6.01. The van der Waals surface area contributed by atoms with E-state index in [4.69, 9.17) is 0 Å². The van der Waals surface area contributed by atoms with Gasteiger partial charge in [-0.3, -0.25) is 4.79 Å². The van der Waals surface area contributed by atoms with E-state index in [-0.39, 0.29) is 5.91 Å². The molecule has 0 radical (unpaired) electrons. The van der Waals surface area contributed by atoms with Gasteiger partial charge in [0.25, 0.3) is 0 Å². The Morgan fingerprint density at radius 3 is 2.73 bits per heavy atom. The first kappa shape index (κ1) is 16.0. The fourth-order valence-corrected chi connectivity index (χ4v) is 2.30. The molecule has 0 bridgehead atoms. The van der Waals surface area contributed by atoms with Crippen LogP contribution < -0.4 is 0 Å². The maximum absolute atomic E-state index is 12.3. The maximum Gasteiger partial charge on any atom is 0.224 e. The molecule has 2 rings (SSSR count). The molecule has 0 spiro atoms. The molecule has 4 nitrogen and oxygen atoms in total. The third-order valence-corrected chi connectivity index (χ3v) is 3.66. The minimum atomic E-state index is 0.174. The molecule has 0 N–H and O–H groups in total. The van der Waals surface area contributed by atoms with Crippen LogP contribution in [0.4, 0.5) is 0 Å². The van der Waals surface area contributed by atoms with Gasteiger partial charge in [-0.1, -0.05) is 42.5 Å². The number of carbonyl (C=O) groups excluding carboxylic acids is 1. The van der Waals surface area contributed by atoms with Crippen LogP contribution in [0.15, 0.2) is 48.8 Å². The van der Waals surface area contributed by atoms with Crippen LogP contribution >= 0.6 is 0 Å². The lowest BCUT2D eigenvalue weighted by molar-refractivity contribution is -0.130. The van der Waals surface area contributed by atoms with Crippen LogP contribution in [0, 0.1) is 6.92 Å². The summed E-state index contributed by atoms with van der Waals surface area (Å²) in [7, 11) is 0. The molecule has 0 saturated carbocycles. The Kier molecular flexibility index (Phi) is 5.95. The molecule has 22 heavy (non-hydrogen) atoms. The first-order valence-electron chi connectivity index (χ1n) is 7.67. The minimum Gasteiger partial charge on any atom is -0.339 e. The normalized spacial score (nSPS) is 11.0. The summed E-state index contributed by atoms with van der Waals surface area (Å²) < 4.78 is 2.01. The van der Waals surface area contributed by atoms with Gasteiger partial charge in [-0.15, -0.1) is 0 Å². The van der Waals surface area contributed by atoms with Crippen molar-refractivity contribution in [2.24, 2.45) is 0 Å². The Morgan fingerprint density at radius 1 is 1.32 bits per heavy atom. The van der Waals surface area contributed by atoms with E-state index < -0.39 is 0 Å². The molecule has 2 aromatic rings. The lowest BCUT2D eigenvalue weighted by Gasteiger charge is -2.19. The van der Waals surface area contributed by atoms with Crippen LogP contribution in [0.25, 0.3) is 6.08 Å². The van der Waals surface area contributed by atoms with E-state index >= 15 is 0 Å². The van der Waals surface area contributed by atoms with Crippen LogP contribution in [0.3, 0.4) is 0 Å². The van der Waals surface area contributed by atoms with Gasteiger partial charge in [-0.2, -0.15) is 0 Å². The van der Waals surface area contributed by atoms with Gasteiger partial charge < -0.3 is 9.47 Å². The predicted octanol–water partition coefficient (Wildman–Crippen LogP) is 3.14. The third kappa shape index (κ3) is 4.58. The number of carbonyl (C=O) groups is 1. The quantitative estimate of drug-likeness (QED) is 0.787. The van der Waals surface area contributed by atoms with Gasteiger partial charge >= 0.3 is 0 Å². The molecule has 0 unspecified atom stereocenters. The maximum atomic E-state index is 12.3. The second-order valence-electron chi connectivity index (χ2n) is 5.16. The molecule has 1 aromatic heterocycles. The largest absolute Gasteiger partial charge is 0.339 e. The number of hydrogen-bond acceptors (Lipinski definition) is 2. The van der Waals surface area contributed by atoms with Crippen LogP contribution in [0.1, 0.15) is 24.7 Å². The zero-order valence-electron chi connectivity index (χ0n) is 13.3. The molecule has 0 aliphatic rings. The summed E-state index contributed by atoms with van der Waals surface area (Å²) >= 11 is 0. The van der Waals surface area contributed by atoms with E-state index in [0.29, 0.717) is 19.5 Å². The van der Waals surface area contributed by atoms with Crippen molar-refractivity contribution in [2.45, 2.75) is 26.8 Å². The molecule has 0 fully saturated rings. The number of hydrogen-bond donors (Lipinski definition) is 0. The van der Waals surface area contributed by atoms with Gasteiger partial charge in [0.05, 0.1) is 0 Å². The highest BCUT2D eigenvalue weighted by Crippen LogP contribution is 2.04. The lowest BCUT2D eigenvalue weighted by Crippen LogP contribution is -2.31. The predicted molar refractivity (Wildman–Crippen MR) is 89.3 cm³/mol. The number of benzene rings is 1. The van der Waals surface area contributed by atoms with Gasteiger partial charge in [0, 0.05) is 38.4 Å². The summed E-state index contributed by atoms with van der Waals surface area (Å²) in [5.74, 6) is 1.12. The number of amides is 1. The molecule has 0 aliphatic heterocycles. The Bertz CT molecular complexity index is 616. The van der Waals surface area contributed by atoms with Gasteiger partial charge in [0.15, 0.2) is 0 Å². The summed E-state index contributed by atoms with van der Waals surface area (Å²) in [4.78, 5) is 18.3. The smallest absolute Gasteiger partial charge is 0.224 e. The zero-order chi connectivity index (χ0) is 15.8. The lowest BCUT2D eigenvalue weighted by atomic mass is 10.2. The molecule has 0 aliphatic carbocycles. The van der Waals surface area contributed by atoms with Gasteiger partial charge in [0.2, 0.25) is 5.91 Å². The van der Waals surface area contributed by atoms with Crippen molar-refractivity contribution in [1.29, 1.82) is 0 Å². The van der Waals surface area contributed by atoms with Crippen LogP contribution in [0.5, 0.6) is 0 Å². The number of nitrogens with zero attached hydrogens (tertiary/aromatic N) is 3. The molecular formula is C18H23N3O. The first-order valence-corrected chi connectivity index (χ1v) is 7.67. The molecule has 4 heteroatoms. The highest BCUT2D eigenvalue weighted by Gasteiger charge is 2.10. The van der Waals surface area contributed by atoms with E-state index in [9.17, 15) is 4.79 Å². The second kappa shape index (κ2) is 8.17. The number of rotatable bonds is 7. The van der Waals surface area contributed by atoms with Crippen molar-refractivity contribution in [1.82, 2.24) is 14.5 Å². The molecule has 0 saturated heterocycles. The summed E-state index contributed by atoms with van der Waals surface area (Å²) in [6.07, 6.45) is 8.27. The van der Waals surface area contributed by atoms with Crippen LogP contribution in [-0.4, -0.2) is 33.4 Å². The summed E-state index contributed by atoms with van der Waals surface area (Å²) in [5, 5.41) is 0. The Balaban J connectivity index is 1.84.